The maximum Gasteiger partial charge on any atom is 0.254 e. The van der Waals surface area contributed by atoms with Gasteiger partial charge >= 0.3 is 0 Å². The highest BCUT2D eigenvalue weighted by Gasteiger charge is 2.60. The standard InChI is InChI=1S/C17H18N4O2/c18-14(22)11-9-19-21-15(11)20-16(23)13-8-17(13)7-3-5-10-4-1-2-6-12(10)17/h1-2,4,6,9,13H,3,5,7-8H2,(H2,18,22)(H2,19,20,21,23). The molecule has 2 amide bonds. The zero-order chi connectivity index (χ0) is 16.0. The monoisotopic (exact) mass is 310 g/mol. The summed E-state index contributed by atoms with van der Waals surface area (Å²) in [5, 5.41) is 9.18. The summed E-state index contributed by atoms with van der Waals surface area (Å²) in [7, 11) is 0. The quantitative estimate of drug-likeness (QED) is 0.805. The van der Waals surface area contributed by atoms with E-state index in [-0.39, 0.29) is 28.6 Å². The fourth-order valence-corrected chi connectivity index (χ4v) is 3.95. The van der Waals surface area contributed by atoms with Crippen molar-refractivity contribution in [3.8, 4) is 0 Å². The number of hydrogen-bond donors (Lipinski definition) is 3. The molecule has 6 heteroatoms. The van der Waals surface area contributed by atoms with Gasteiger partial charge in [0.25, 0.3) is 5.91 Å². The van der Waals surface area contributed by atoms with E-state index >= 15 is 0 Å². The highest BCUT2D eigenvalue weighted by atomic mass is 16.2. The number of amides is 2. The van der Waals surface area contributed by atoms with Crippen molar-refractivity contribution in [2.45, 2.75) is 31.1 Å². The molecule has 1 heterocycles. The van der Waals surface area contributed by atoms with E-state index in [2.05, 4.69) is 33.7 Å². The number of aromatic amines is 1. The lowest BCUT2D eigenvalue weighted by molar-refractivity contribution is -0.117. The van der Waals surface area contributed by atoms with E-state index in [1.807, 2.05) is 6.07 Å². The van der Waals surface area contributed by atoms with E-state index in [9.17, 15) is 9.59 Å². The van der Waals surface area contributed by atoms with Gasteiger partial charge in [-0.05, 0) is 36.8 Å². The SMILES string of the molecule is NC(=O)c1cn[nH]c1NC(=O)C1CC12CCCc1ccccc12. The van der Waals surface area contributed by atoms with Crippen molar-refractivity contribution >= 4 is 17.6 Å². The molecule has 1 saturated carbocycles. The van der Waals surface area contributed by atoms with Crippen molar-refractivity contribution in [1.29, 1.82) is 0 Å². The number of anilines is 1. The third-order valence-electron chi connectivity index (χ3n) is 5.17. The molecule has 0 saturated heterocycles. The van der Waals surface area contributed by atoms with Crippen molar-refractivity contribution in [2.75, 3.05) is 5.32 Å². The maximum absolute atomic E-state index is 12.6. The number of nitrogens with zero attached hydrogens (tertiary/aromatic N) is 1. The smallest absolute Gasteiger partial charge is 0.254 e. The molecule has 118 valence electrons. The number of primary amides is 1. The van der Waals surface area contributed by atoms with Gasteiger partial charge in [-0.2, -0.15) is 5.10 Å². The Balaban J connectivity index is 1.57. The van der Waals surface area contributed by atoms with Gasteiger partial charge in [0, 0.05) is 11.3 Å². The van der Waals surface area contributed by atoms with Crippen LogP contribution in [0.25, 0.3) is 0 Å². The maximum atomic E-state index is 12.6. The van der Waals surface area contributed by atoms with Crippen LogP contribution in [0.1, 0.15) is 40.7 Å². The molecule has 2 aliphatic carbocycles. The van der Waals surface area contributed by atoms with Crippen LogP contribution in [0.2, 0.25) is 0 Å². The van der Waals surface area contributed by atoms with Crippen LogP contribution < -0.4 is 11.1 Å². The Labute approximate surface area is 133 Å². The predicted molar refractivity (Wildman–Crippen MR) is 84.9 cm³/mol. The minimum absolute atomic E-state index is 0.0359. The first kappa shape index (κ1) is 14.0. The molecule has 1 aromatic heterocycles. The summed E-state index contributed by atoms with van der Waals surface area (Å²) in [5.41, 5.74) is 8.11. The topological polar surface area (TPSA) is 101 Å². The van der Waals surface area contributed by atoms with Gasteiger partial charge in [0.1, 0.15) is 11.4 Å². The lowest BCUT2D eigenvalue weighted by Gasteiger charge is -2.26. The number of fused-ring (bicyclic) bond motifs is 2. The third kappa shape index (κ3) is 2.13. The largest absolute Gasteiger partial charge is 0.365 e. The Kier molecular flexibility index (Phi) is 3.01. The Morgan fingerprint density at radius 1 is 1.35 bits per heavy atom. The van der Waals surface area contributed by atoms with E-state index in [0.717, 1.165) is 25.7 Å². The molecule has 4 rings (SSSR count). The van der Waals surface area contributed by atoms with Crippen LogP contribution in [0.3, 0.4) is 0 Å². The van der Waals surface area contributed by atoms with Gasteiger partial charge in [0.2, 0.25) is 5.91 Å². The summed E-state index contributed by atoms with van der Waals surface area (Å²) in [6.45, 7) is 0. The number of hydrogen-bond acceptors (Lipinski definition) is 3. The predicted octanol–water partition coefficient (Wildman–Crippen LogP) is 1.74. The van der Waals surface area contributed by atoms with Gasteiger partial charge in [-0.15, -0.1) is 0 Å². The molecule has 23 heavy (non-hydrogen) atoms. The van der Waals surface area contributed by atoms with E-state index in [4.69, 9.17) is 5.73 Å². The number of carbonyl (C=O) groups is 2. The molecule has 0 radical (unpaired) electrons. The number of carbonyl (C=O) groups excluding carboxylic acids is 2. The highest BCUT2D eigenvalue weighted by molar-refractivity contribution is 6.03. The molecule has 2 unspecified atom stereocenters. The second-order valence-corrected chi connectivity index (χ2v) is 6.44. The molecule has 6 nitrogen and oxygen atoms in total. The van der Waals surface area contributed by atoms with Crippen LogP contribution >= 0.6 is 0 Å². The average molecular weight is 310 g/mol. The number of nitrogens with one attached hydrogen (secondary N) is 2. The summed E-state index contributed by atoms with van der Waals surface area (Å²) in [5.74, 6) is -0.461. The third-order valence-corrected chi connectivity index (χ3v) is 5.17. The number of benzene rings is 1. The molecule has 2 atom stereocenters. The van der Waals surface area contributed by atoms with Crippen LogP contribution in [0.5, 0.6) is 0 Å². The molecule has 0 bridgehead atoms. The van der Waals surface area contributed by atoms with E-state index in [1.54, 1.807) is 0 Å². The van der Waals surface area contributed by atoms with E-state index < -0.39 is 5.91 Å². The summed E-state index contributed by atoms with van der Waals surface area (Å²) in [6, 6.07) is 8.40. The van der Waals surface area contributed by atoms with E-state index in [0.29, 0.717) is 0 Å². The van der Waals surface area contributed by atoms with Gasteiger partial charge < -0.3 is 11.1 Å². The molecule has 0 aliphatic heterocycles. The Hall–Kier alpha value is -2.63. The number of aryl methyl sites for hydroxylation is 1. The number of H-pyrrole nitrogens is 1. The highest BCUT2D eigenvalue weighted by Crippen LogP contribution is 2.60. The molecule has 1 aromatic carbocycles. The van der Waals surface area contributed by atoms with E-state index in [1.165, 1.54) is 17.3 Å². The molecule has 4 N–H and O–H groups in total. The first-order valence-electron chi connectivity index (χ1n) is 7.84. The van der Waals surface area contributed by atoms with Crippen molar-refractivity contribution in [1.82, 2.24) is 10.2 Å². The second kappa shape index (κ2) is 4.94. The van der Waals surface area contributed by atoms with Gasteiger partial charge in [-0.25, -0.2) is 0 Å². The minimum Gasteiger partial charge on any atom is -0.365 e. The van der Waals surface area contributed by atoms with Crippen molar-refractivity contribution in [3.05, 3.63) is 47.2 Å². The van der Waals surface area contributed by atoms with Crippen LogP contribution in [0.15, 0.2) is 30.5 Å². The second-order valence-electron chi connectivity index (χ2n) is 6.44. The Morgan fingerprint density at radius 2 is 2.17 bits per heavy atom. The normalized spacial score (nSPS) is 25.0. The summed E-state index contributed by atoms with van der Waals surface area (Å²) >= 11 is 0. The van der Waals surface area contributed by atoms with Gasteiger partial charge in [0.15, 0.2) is 0 Å². The van der Waals surface area contributed by atoms with Crippen molar-refractivity contribution < 1.29 is 9.59 Å². The Bertz CT molecular complexity index is 797. The van der Waals surface area contributed by atoms with Gasteiger partial charge in [0.05, 0.1) is 6.20 Å². The minimum atomic E-state index is -0.609. The number of nitrogens with two attached hydrogens (primary N) is 1. The fourth-order valence-electron chi connectivity index (χ4n) is 3.95. The summed E-state index contributed by atoms with van der Waals surface area (Å²) in [6.07, 6.45) is 5.41. The first-order chi connectivity index (χ1) is 11.1. The summed E-state index contributed by atoms with van der Waals surface area (Å²) < 4.78 is 0. The van der Waals surface area contributed by atoms with Crippen LogP contribution in [0.4, 0.5) is 5.82 Å². The van der Waals surface area contributed by atoms with Crippen molar-refractivity contribution in [2.24, 2.45) is 11.7 Å². The van der Waals surface area contributed by atoms with Crippen LogP contribution in [-0.4, -0.2) is 22.0 Å². The first-order valence-corrected chi connectivity index (χ1v) is 7.84. The lowest BCUT2D eigenvalue weighted by atomic mass is 9.78. The fraction of sp³-hybridized carbons (Fsp3) is 0.353. The molecular formula is C17H18N4O2. The zero-order valence-electron chi connectivity index (χ0n) is 12.6. The lowest BCUT2D eigenvalue weighted by Crippen LogP contribution is -2.25. The molecule has 2 aliphatic rings. The summed E-state index contributed by atoms with van der Waals surface area (Å²) in [4.78, 5) is 23.9. The molecule has 1 spiro atoms. The molecule has 2 aromatic rings. The van der Waals surface area contributed by atoms with Gasteiger partial charge in [-0.3, -0.25) is 14.7 Å². The van der Waals surface area contributed by atoms with Crippen molar-refractivity contribution in [3.63, 3.8) is 0 Å². The molecular weight excluding hydrogens is 292 g/mol. The number of aromatic nitrogens is 2. The van der Waals surface area contributed by atoms with Gasteiger partial charge in [-0.1, -0.05) is 24.3 Å². The van der Waals surface area contributed by atoms with Crippen LogP contribution in [-0.2, 0) is 16.6 Å². The van der Waals surface area contributed by atoms with Crippen LogP contribution in [0, 0.1) is 5.92 Å². The Morgan fingerprint density at radius 3 is 3.00 bits per heavy atom. The molecule has 1 fully saturated rings. The zero-order valence-corrected chi connectivity index (χ0v) is 12.6. The number of rotatable bonds is 3. The average Bonchev–Trinajstić information content (AvgIpc) is 3.06.